The number of benzene rings is 2. The Labute approximate surface area is 137 Å². The predicted octanol–water partition coefficient (Wildman–Crippen LogP) is 3.72. The van der Waals surface area contributed by atoms with E-state index in [0.717, 1.165) is 11.1 Å². The van der Waals surface area contributed by atoms with Crippen LogP contribution in [0.3, 0.4) is 0 Å². The summed E-state index contributed by atoms with van der Waals surface area (Å²) in [5.41, 5.74) is 3.66. The molecule has 108 valence electrons. The molecule has 0 aliphatic carbocycles. The summed E-state index contributed by atoms with van der Waals surface area (Å²) in [5.74, 6) is 5.19. The van der Waals surface area contributed by atoms with Crippen LogP contribution in [0.2, 0.25) is 0 Å². The Bertz CT molecular complexity index is 858. The van der Waals surface area contributed by atoms with Crippen molar-refractivity contribution < 1.29 is 0 Å². The zero-order valence-electron chi connectivity index (χ0n) is 13.0. The van der Waals surface area contributed by atoms with Crippen molar-refractivity contribution in [2.24, 2.45) is 0 Å². The third kappa shape index (κ3) is 2.80. The SMILES string of the molecule is C#Cc1ccc(C(C)(C)c2ccc(C#N)c(C#N)c2)cc1C#C. The van der Waals surface area contributed by atoms with E-state index in [1.54, 1.807) is 12.1 Å². The van der Waals surface area contributed by atoms with Crippen LogP contribution in [0.15, 0.2) is 36.4 Å². The van der Waals surface area contributed by atoms with Gasteiger partial charge in [-0.05, 0) is 35.4 Å². The number of terminal acetylenes is 2. The van der Waals surface area contributed by atoms with E-state index in [0.29, 0.717) is 22.3 Å². The van der Waals surface area contributed by atoms with E-state index in [4.69, 9.17) is 18.1 Å². The Balaban J connectivity index is 2.60. The van der Waals surface area contributed by atoms with E-state index in [2.05, 4.69) is 17.9 Å². The average Bonchev–Trinajstić information content (AvgIpc) is 2.60. The van der Waals surface area contributed by atoms with Crippen LogP contribution in [0.4, 0.5) is 0 Å². The van der Waals surface area contributed by atoms with Gasteiger partial charge in [0.05, 0.1) is 11.1 Å². The first-order valence-corrected chi connectivity index (χ1v) is 7.00. The molecule has 0 aliphatic heterocycles. The summed E-state index contributed by atoms with van der Waals surface area (Å²) in [6, 6.07) is 15.1. The van der Waals surface area contributed by atoms with Gasteiger partial charge in [-0.15, -0.1) is 12.8 Å². The fourth-order valence-corrected chi connectivity index (χ4v) is 2.47. The van der Waals surface area contributed by atoms with Crippen molar-refractivity contribution in [2.75, 3.05) is 0 Å². The molecule has 0 bridgehead atoms. The monoisotopic (exact) mass is 294 g/mol. The van der Waals surface area contributed by atoms with Gasteiger partial charge in [-0.2, -0.15) is 10.5 Å². The maximum Gasteiger partial charge on any atom is 0.101 e. The minimum absolute atomic E-state index is 0.371. The van der Waals surface area contributed by atoms with Gasteiger partial charge in [-0.25, -0.2) is 0 Å². The van der Waals surface area contributed by atoms with E-state index >= 15 is 0 Å². The van der Waals surface area contributed by atoms with E-state index in [1.807, 2.05) is 44.2 Å². The van der Waals surface area contributed by atoms with Crippen molar-refractivity contribution in [2.45, 2.75) is 19.3 Å². The molecule has 0 aromatic heterocycles. The Morgan fingerprint density at radius 2 is 1.22 bits per heavy atom. The van der Waals surface area contributed by atoms with E-state index in [-0.39, 0.29) is 5.41 Å². The van der Waals surface area contributed by atoms with E-state index < -0.39 is 0 Å². The molecule has 0 fully saturated rings. The lowest BCUT2D eigenvalue weighted by Crippen LogP contribution is -2.19. The third-order valence-electron chi connectivity index (χ3n) is 4.03. The van der Waals surface area contributed by atoms with Gasteiger partial charge in [-0.3, -0.25) is 0 Å². The topological polar surface area (TPSA) is 47.6 Å². The second kappa shape index (κ2) is 6.12. The molecule has 0 unspecified atom stereocenters. The molecule has 0 N–H and O–H groups in total. The highest BCUT2D eigenvalue weighted by Gasteiger charge is 2.24. The van der Waals surface area contributed by atoms with Crippen molar-refractivity contribution in [1.82, 2.24) is 0 Å². The minimum Gasteiger partial charge on any atom is -0.192 e. The summed E-state index contributed by atoms with van der Waals surface area (Å²) in [6.07, 6.45) is 11.0. The van der Waals surface area contributed by atoms with Crippen molar-refractivity contribution in [1.29, 1.82) is 10.5 Å². The molecule has 2 aromatic rings. The van der Waals surface area contributed by atoms with Gasteiger partial charge in [0.1, 0.15) is 12.1 Å². The summed E-state index contributed by atoms with van der Waals surface area (Å²) in [5, 5.41) is 18.3. The highest BCUT2D eigenvalue weighted by molar-refractivity contribution is 5.55. The lowest BCUT2D eigenvalue weighted by atomic mass is 9.76. The smallest absolute Gasteiger partial charge is 0.101 e. The normalized spacial score (nSPS) is 10.0. The predicted molar refractivity (Wildman–Crippen MR) is 90.3 cm³/mol. The van der Waals surface area contributed by atoms with Gasteiger partial charge >= 0.3 is 0 Å². The van der Waals surface area contributed by atoms with Gasteiger partial charge in [0.25, 0.3) is 0 Å². The Hall–Kier alpha value is -3.46. The molecule has 0 amide bonds. The molecule has 2 rings (SSSR count). The van der Waals surface area contributed by atoms with E-state index in [1.165, 1.54) is 0 Å². The highest BCUT2D eigenvalue weighted by Crippen LogP contribution is 2.33. The summed E-state index contributed by atoms with van der Waals surface area (Å²) >= 11 is 0. The van der Waals surface area contributed by atoms with Gasteiger partial charge in [0.2, 0.25) is 0 Å². The summed E-state index contributed by atoms with van der Waals surface area (Å²) in [7, 11) is 0. The molecule has 0 aliphatic rings. The van der Waals surface area contributed by atoms with Crippen molar-refractivity contribution in [3.8, 4) is 36.8 Å². The largest absolute Gasteiger partial charge is 0.192 e. The van der Waals surface area contributed by atoms with Gasteiger partial charge in [0.15, 0.2) is 0 Å². The van der Waals surface area contributed by atoms with E-state index in [9.17, 15) is 5.26 Å². The lowest BCUT2D eigenvalue weighted by molar-refractivity contribution is 0.640. The fraction of sp³-hybridized carbons (Fsp3) is 0.143. The number of hydrogen-bond acceptors (Lipinski definition) is 2. The number of rotatable bonds is 2. The second-order valence-corrected chi connectivity index (χ2v) is 5.66. The molecule has 0 heterocycles. The second-order valence-electron chi connectivity index (χ2n) is 5.66. The maximum atomic E-state index is 9.21. The average molecular weight is 294 g/mol. The molecule has 0 spiro atoms. The number of hydrogen-bond donors (Lipinski definition) is 0. The molecule has 2 heteroatoms. The number of nitriles is 2. The van der Waals surface area contributed by atoms with Crippen LogP contribution in [0.25, 0.3) is 0 Å². The van der Waals surface area contributed by atoms with Crippen molar-refractivity contribution in [3.05, 3.63) is 69.8 Å². The Kier molecular flexibility index (Phi) is 4.23. The first-order valence-electron chi connectivity index (χ1n) is 7.00. The summed E-state index contributed by atoms with van der Waals surface area (Å²) < 4.78 is 0. The van der Waals surface area contributed by atoms with Crippen molar-refractivity contribution >= 4 is 0 Å². The van der Waals surface area contributed by atoms with Crippen LogP contribution in [0, 0.1) is 47.3 Å². The molecule has 0 radical (unpaired) electrons. The van der Waals surface area contributed by atoms with Gasteiger partial charge < -0.3 is 0 Å². The van der Waals surface area contributed by atoms with Crippen LogP contribution in [0.1, 0.15) is 47.2 Å². The Morgan fingerprint density at radius 1 is 0.739 bits per heavy atom. The zero-order valence-corrected chi connectivity index (χ0v) is 13.0. The quantitative estimate of drug-likeness (QED) is 0.793. The minimum atomic E-state index is -0.377. The first kappa shape index (κ1) is 15.9. The molecule has 0 atom stereocenters. The molecular weight excluding hydrogens is 280 g/mol. The van der Waals surface area contributed by atoms with Crippen LogP contribution >= 0.6 is 0 Å². The molecule has 0 saturated heterocycles. The summed E-state index contributed by atoms with van der Waals surface area (Å²) in [4.78, 5) is 0. The molecule has 2 nitrogen and oxygen atoms in total. The van der Waals surface area contributed by atoms with Gasteiger partial charge in [0, 0.05) is 16.5 Å². The fourth-order valence-electron chi connectivity index (χ4n) is 2.47. The molecule has 23 heavy (non-hydrogen) atoms. The lowest BCUT2D eigenvalue weighted by Gasteiger charge is -2.27. The number of nitrogens with zero attached hydrogens (tertiary/aromatic N) is 2. The highest BCUT2D eigenvalue weighted by atomic mass is 14.3. The van der Waals surface area contributed by atoms with Crippen LogP contribution in [-0.2, 0) is 5.41 Å². The Morgan fingerprint density at radius 3 is 1.70 bits per heavy atom. The van der Waals surface area contributed by atoms with Crippen LogP contribution < -0.4 is 0 Å². The molecule has 0 saturated carbocycles. The standard InChI is InChI=1S/C21H14N2/c1-5-15-7-9-19(11-16(15)6-2)21(3,4)20-10-8-17(13-22)18(12-20)14-23/h1-2,7-12H,3-4H3. The summed E-state index contributed by atoms with van der Waals surface area (Å²) in [6.45, 7) is 4.08. The maximum absolute atomic E-state index is 9.21. The van der Waals surface area contributed by atoms with Crippen molar-refractivity contribution in [3.63, 3.8) is 0 Å². The molecular formula is C21H14N2. The van der Waals surface area contributed by atoms with Crippen LogP contribution in [0.5, 0.6) is 0 Å². The molecule has 2 aromatic carbocycles. The third-order valence-corrected chi connectivity index (χ3v) is 4.03. The zero-order chi connectivity index (χ0) is 17.0. The first-order chi connectivity index (χ1) is 11.0. The van der Waals surface area contributed by atoms with Gasteiger partial charge in [-0.1, -0.05) is 37.8 Å². The van der Waals surface area contributed by atoms with Crippen LogP contribution in [-0.4, -0.2) is 0 Å².